The Hall–Kier alpha value is -1.98. The highest BCUT2D eigenvalue weighted by Crippen LogP contribution is 2.15. The zero-order valence-corrected chi connectivity index (χ0v) is 13.4. The number of hydrogen-bond acceptors (Lipinski definition) is 3. The zero-order chi connectivity index (χ0) is 15.9. The van der Waals surface area contributed by atoms with Crippen LogP contribution >= 0.6 is 11.6 Å². The highest BCUT2D eigenvalue weighted by molar-refractivity contribution is 6.30. The number of aliphatic hydroxyl groups is 1. The molecular weight excluding hydrogens is 302 g/mol. The second-order valence-corrected chi connectivity index (χ2v) is 5.37. The fraction of sp³-hybridized carbons (Fsp3) is 0.312. The van der Waals surface area contributed by atoms with Gasteiger partial charge in [0, 0.05) is 25.7 Å². The van der Waals surface area contributed by atoms with E-state index in [4.69, 9.17) is 16.0 Å². The van der Waals surface area contributed by atoms with Gasteiger partial charge in [-0.05, 0) is 29.8 Å². The molecule has 0 aliphatic heterocycles. The molecule has 1 atom stereocenters. The van der Waals surface area contributed by atoms with Gasteiger partial charge in [0.25, 0.3) is 0 Å². The van der Waals surface area contributed by atoms with E-state index >= 15 is 0 Å². The van der Waals surface area contributed by atoms with E-state index in [1.807, 2.05) is 36.2 Å². The molecule has 0 radical (unpaired) electrons. The molecule has 6 heteroatoms. The molecule has 1 unspecified atom stereocenters. The minimum Gasteiger partial charge on any atom is -0.467 e. The molecule has 0 aliphatic rings. The summed E-state index contributed by atoms with van der Waals surface area (Å²) < 4.78 is 5.32. The van der Waals surface area contributed by atoms with Gasteiger partial charge in [0.1, 0.15) is 5.76 Å². The number of hydrogen-bond donors (Lipinski definition) is 2. The molecule has 0 spiro atoms. The largest absolute Gasteiger partial charge is 0.467 e. The second-order valence-electron chi connectivity index (χ2n) is 4.93. The predicted octanol–water partition coefficient (Wildman–Crippen LogP) is 2.67. The number of furan rings is 1. The first-order valence-electron chi connectivity index (χ1n) is 6.98. The van der Waals surface area contributed by atoms with Crippen LogP contribution in [0.1, 0.15) is 17.4 Å². The lowest BCUT2D eigenvalue weighted by molar-refractivity contribution is 0.179. The number of aliphatic imine (C=N–C) groups is 1. The van der Waals surface area contributed by atoms with Gasteiger partial charge in [-0.1, -0.05) is 23.7 Å². The Morgan fingerprint density at radius 2 is 2.09 bits per heavy atom. The number of guanidine groups is 1. The number of rotatable bonds is 5. The van der Waals surface area contributed by atoms with Crippen LogP contribution in [0.4, 0.5) is 0 Å². The number of aliphatic hydroxyl groups excluding tert-OH is 1. The van der Waals surface area contributed by atoms with E-state index in [-0.39, 0.29) is 0 Å². The molecule has 2 N–H and O–H groups in total. The van der Waals surface area contributed by atoms with E-state index in [9.17, 15) is 5.11 Å². The zero-order valence-electron chi connectivity index (χ0n) is 12.7. The van der Waals surface area contributed by atoms with E-state index in [0.717, 1.165) is 11.3 Å². The Kier molecular flexibility index (Phi) is 5.86. The predicted molar refractivity (Wildman–Crippen MR) is 87.9 cm³/mol. The summed E-state index contributed by atoms with van der Waals surface area (Å²) in [7, 11) is 3.61. The minimum atomic E-state index is -0.633. The molecular formula is C16H20ClN3O2. The maximum absolute atomic E-state index is 10.2. The smallest absolute Gasteiger partial charge is 0.193 e. The number of nitrogens with one attached hydrogen (secondary N) is 1. The van der Waals surface area contributed by atoms with Crippen molar-refractivity contribution in [3.63, 3.8) is 0 Å². The Labute approximate surface area is 135 Å². The van der Waals surface area contributed by atoms with Crippen LogP contribution in [0.25, 0.3) is 0 Å². The van der Waals surface area contributed by atoms with Crippen molar-refractivity contribution in [3.8, 4) is 0 Å². The lowest BCUT2D eigenvalue weighted by Crippen LogP contribution is -2.40. The molecule has 118 valence electrons. The van der Waals surface area contributed by atoms with Crippen molar-refractivity contribution >= 4 is 17.6 Å². The van der Waals surface area contributed by atoms with Crippen LogP contribution in [0.5, 0.6) is 0 Å². The molecule has 0 fully saturated rings. The second kappa shape index (κ2) is 7.87. The van der Waals surface area contributed by atoms with Crippen molar-refractivity contribution in [2.24, 2.45) is 4.99 Å². The summed E-state index contributed by atoms with van der Waals surface area (Å²) in [6.07, 6.45) is 1.01. The van der Waals surface area contributed by atoms with Gasteiger partial charge in [0.15, 0.2) is 5.96 Å². The summed E-state index contributed by atoms with van der Waals surface area (Å²) >= 11 is 5.84. The van der Waals surface area contributed by atoms with E-state index in [1.54, 1.807) is 25.4 Å². The molecule has 0 bridgehead atoms. The summed E-state index contributed by atoms with van der Waals surface area (Å²) in [6, 6.07) is 10.9. The number of halogens is 1. The molecule has 0 amide bonds. The standard InChI is InChI=1S/C16H20ClN3O2/c1-18-16(20(2)11-14-4-3-9-22-14)19-10-15(21)12-5-7-13(17)8-6-12/h3-9,15,21H,10-11H2,1-2H3,(H,18,19). The highest BCUT2D eigenvalue weighted by Gasteiger charge is 2.12. The molecule has 22 heavy (non-hydrogen) atoms. The van der Waals surface area contributed by atoms with Gasteiger partial charge < -0.3 is 19.7 Å². The SMILES string of the molecule is CN=C(NCC(O)c1ccc(Cl)cc1)N(C)Cc1ccco1. The summed E-state index contributed by atoms with van der Waals surface area (Å²) in [6.45, 7) is 0.959. The first-order valence-corrected chi connectivity index (χ1v) is 7.35. The van der Waals surface area contributed by atoms with Gasteiger partial charge in [-0.15, -0.1) is 0 Å². The Balaban J connectivity index is 1.89. The first-order chi connectivity index (χ1) is 10.6. The quantitative estimate of drug-likeness (QED) is 0.656. The van der Waals surface area contributed by atoms with Crippen molar-refractivity contribution in [2.45, 2.75) is 12.6 Å². The average Bonchev–Trinajstić information content (AvgIpc) is 3.01. The molecule has 1 aromatic heterocycles. The van der Waals surface area contributed by atoms with E-state index in [2.05, 4.69) is 10.3 Å². The normalized spacial score (nSPS) is 13.0. The fourth-order valence-electron chi connectivity index (χ4n) is 2.09. The summed E-state index contributed by atoms with van der Waals surface area (Å²) in [5, 5.41) is 14.0. The Morgan fingerprint density at radius 1 is 1.36 bits per heavy atom. The van der Waals surface area contributed by atoms with Crippen LogP contribution in [-0.4, -0.2) is 36.6 Å². The summed E-state index contributed by atoms with van der Waals surface area (Å²) in [5.41, 5.74) is 0.807. The van der Waals surface area contributed by atoms with Crippen LogP contribution in [0.3, 0.4) is 0 Å². The lowest BCUT2D eigenvalue weighted by atomic mass is 10.1. The van der Waals surface area contributed by atoms with Crippen molar-refractivity contribution in [1.29, 1.82) is 0 Å². The average molecular weight is 322 g/mol. The van der Waals surface area contributed by atoms with Crippen LogP contribution in [0.2, 0.25) is 5.02 Å². The molecule has 2 aromatic rings. The van der Waals surface area contributed by atoms with Crippen molar-refractivity contribution < 1.29 is 9.52 Å². The minimum absolute atomic E-state index is 0.358. The van der Waals surface area contributed by atoms with Gasteiger partial charge in [0.2, 0.25) is 0 Å². The van der Waals surface area contributed by atoms with E-state index in [0.29, 0.717) is 24.1 Å². The van der Waals surface area contributed by atoms with Gasteiger partial charge >= 0.3 is 0 Å². The van der Waals surface area contributed by atoms with Gasteiger partial charge in [-0.2, -0.15) is 0 Å². The van der Waals surface area contributed by atoms with Gasteiger partial charge in [-0.3, -0.25) is 4.99 Å². The topological polar surface area (TPSA) is 61.0 Å². The summed E-state index contributed by atoms with van der Waals surface area (Å²) in [4.78, 5) is 6.13. The molecule has 1 aromatic carbocycles. The van der Waals surface area contributed by atoms with Crippen LogP contribution in [0, 0.1) is 0 Å². The molecule has 2 rings (SSSR count). The number of benzene rings is 1. The Bertz CT molecular complexity index is 596. The van der Waals surface area contributed by atoms with Crippen molar-refractivity contribution in [3.05, 3.63) is 59.0 Å². The van der Waals surface area contributed by atoms with Crippen molar-refractivity contribution in [2.75, 3.05) is 20.6 Å². The lowest BCUT2D eigenvalue weighted by Gasteiger charge is -2.22. The third kappa shape index (κ3) is 4.51. The molecule has 0 saturated heterocycles. The third-order valence-corrected chi connectivity index (χ3v) is 3.51. The van der Waals surface area contributed by atoms with E-state index < -0.39 is 6.10 Å². The van der Waals surface area contributed by atoms with Crippen molar-refractivity contribution in [1.82, 2.24) is 10.2 Å². The van der Waals surface area contributed by atoms with Crippen LogP contribution in [0.15, 0.2) is 52.1 Å². The maximum Gasteiger partial charge on any atom is 0.193 e. The van der Waals surface area contributed by atoms with Crippen LogP contribution in [-0.2, 0) is 6.54 Å². The summed E-state index contributed by atoms with van der Waals surface area (Å²) in [5.74, 6) is 1.54. The van der Waals surface area contributed by atoms with Gasteiger partial charge in [-0.25, -0.2) is 0 Å². The molecule has 0 saturated carbocycles. The van der Waals surface area contributed by atoms with E-state index in [1.165, 1.54) is 0 Å². The molecule has 0 aliphatic carbocycles. The molecule has 5 nitrogen and oxygen atoms in total. The Morgan fingerprint density at radius 3 is 2.68 bits per heavy atom. The first kappa shape index (κ1) is 16.4. The number of nitrogens with zero attached hydrogens (tertiary/aromatic N) is 2. The fourth-order valence-corrected chi connectivity index (χ4v) is 2.21. The van der Waals surface area contributed by atoms with Gasteiger partial charge in [0.05, 0.1) is 18.9 Å². The molecule has 1 heterocycles. The maximum atomic E-state index is 10.2. The third-order valence-electron chi connectivity index (χ3n) is 3.25. The van der Waals surface area contributed by atoms with Crippen LogP contribution < -0.4 is 5.32 Å². The highest BCUT2D eigenvalue weighted by atomic mass is 35.5. The monoisotopic (exact) mass is 321 g/mol.